The van der Waals surface area contributed by atoms with E-state index in [1.165, 1.54) is 4.88 Å². The fraction of sp³-hybridized carbons (Fsp3) is 0.200. The second-order valence-corrected chi connectivity index (χ2v) is 6.65. The van der Waals surface area contributed by atoms with Crippen LogP contribution in [0.3, 0.4) is 0 Å². The minimum absolute atomic E-state index is 0.491. The van der Waals surface area contributed by atoms with Gasteiger partial charge in [-0.25, -0.2) is 0 Å². The summed E-state index contributed by atoms with van der Waals surface area (Å²) in [5, 5.41) is 4.77. The van der Waals surface area contributed by atoms with Gasteiger partial charge >= 0.3 is 0 Å². The molecule has 0 radical (unpaired) electrons. The Balaban J connectivity index is 1.86. The molecule has 108 valence electrons. The highest BCUT2D eigenvalue weighted by Gasteiger charge is 2.15. The molecule has 6 heteroatoms. The summed E-state index contributed by atoms with van der Waals surface area (Å²) < 4.78 is 6.39. The molecule has 0 aliphatic heterocycles. The number of hydrogen-bond donors (Lipinski definition) is 1. The van der Waals surface area contributed by atoms with Crippen molar-refractivity contribution in [1.29, 1.82) is 0 Å². The number of nitrogens with two attached hydrogens (primary N) is 1. The van der Waals surface area contributed by atoms with Gasteiger partial charge in [-0.15, -0.1) is 11.3 Å². The van der Waals surface area contributed by atoms with Gasteiger partial charge in [0.2, 0.25) is 0 Å². The maximum atomic E-state index is 6.02. The lowest BCUT2D eigenvalue weighted by atomic mass is 10.1. The molecule has 3 aromatic rings. The molecule has 0 aliphatic rings. The molecule has 0 fully saturated rings. The van der Waals surface area contributed by atoms with E-state index >= 15 is 0 Å². The molecule has 0 atom stereocenters. The van der Waals surface area contributed by atoms with Crippen molar-refractivity contribution in [1.82, 2.24) is 10.1 Å². The minimum Gasteiger partial charge on any atom is -0.390 e. The third-order valence-corrected chi connectivity index (χ3v) is 5.05. The lowest BCUT2D eigenvalue weighted by Crippen LogP contribution is -1.92. The Morgan fingerprint density at radius 1 is 1.33 bits per heavy atom. The van der Waals surface area contributed by atoms with Gasteiger partial charge in [0.15, 0.2) is 5.82 Å². The molecule has 0 aliphatic carbocycles. The molecule has 0 unspecified atom stereocenters. The molecular weight excluding hydrogens is 350 g/mol. The summed E-state index contributed by atoms with van der Waals surface area (Å²) in [6, 6.07) is 10.0. The van der Waals surface area contributed by atoms with Crippen molar-refractivity contribution < 1.29 is 4.52 Å². The Hall–Kier alpha value is -1.66. The molecule has 1 aromatic carbocycles. The molecule has 21 heavy (non-hydrogen) atoms. The molecule has 2 heterocycles. The van der Waals surface area contributed by atoms with Crippen LogP contribution in [-0.2, 0) is 12.8 Å². The average Bonchev–Trinajstić information content (AvgIpc) is 3.07. The van der Waals surface area contributed by atoms with Crippen LogP contribution in [0.15, 0.2) is 39.3 Å². The first-order chi connectivity index (χ1) is 10.2. The Morgan fingerprint density at radius 3 is 2.86 bits per heavy atom. The van der Waals surface area contributed by atoms with E-state index in [2.05, 4.69) is 33.0 Å². The number of nitrogen functional groups attached to an aromatic ring is 1. The molecule has 2 aromatic heterocycles. The lowest BCUT2D eigenvalue weighted by Gasteiger charge is -1.99. The number of nitrogens with zero attached hydrogens (tertiary/aromatic N) is 2. The quantitative estimate of drug-likeness (QED) is 0.750. The minimum atomic E-state index is 0.491. The van der Waals surface area contributed by atoms with Crippen LogP contribution in [0.4, 0.5) is 5.00 Å². The van der Waals surface area contributed by atoms with Crippen molar-refractivity contribution in [3.05, 3.63) is 51.1 Å². The summed E-state index contributed by atoms with van der Waals surface area (Å²) >= 11 is 5.09. The van der Waals surface area contributed by atoms with Crippen LogP contribution in [0.25, 0.3) is 11.5 Å². The third kappa shape index (κ3) is 3.01. The third-order valence-electron chi connectivity index (χ3n) is 3.17. The van der Waals surface area contributed by atoms with E-state index in [9.17, 15) is 0 Å². The fourth-order valence-corrected chi connectivity index (χ4v) is 3.33. The topological polar surface area (TPSA) is 64.9 Å². The summed E-state index contributed by atoms with van der Waals surface area (Å²) in [7, 11) is 0. The van der Waals surface area contributed by atoms with Gasteiger partial charge in [-0.1, -0.05) is 46.2 Å². The Bertz CT molecular complexity index is 766. The van der Waals surface area contributed by atoms with E-state index in [1.54, 1.807) is 11.3 Å². The summed E-state index contributed by atoms with van der Waals surface area (Å²) in [5.41, 5.74) is 7.98. The zero-order valence-electron chi connectivity index (χ0n) is 11.5. The predicted molar refractivity (Wildman–Crippen MR) is 88.3 cm³/mol. The maximum Gasteiger partial charge on any atom is 0.260 e. The molecule has 4 nitrogen and oxygen atoms in total. The van der Waals surface area contributed by atoms with Crippen molar-refractivity contribution in [3.63, 3.8) is 0 Å². The molecule has 0 amide bonds. The number of halogens is 1. The van der Waals surface area contributed by atoms with Gasteiger partial charge in [0, 0.05) is 15.8 Å². The number of benzene rings is 1. The van der Waals surface area contributed by atoms with Gasteiger partial charge in [-0.05, 0) is 24.1 Å². The number of anilines is 1. The number of thiophene rings is 1. The monoisotopic (exact) mass is 363 g/mol. The van der Waals surface area contributed by atoms with Crippen LogP contribution in [0.1, 0.15) is 23.2 Å². The average molecular weight is 364 g/mol. The summed E-state index contributed by atoms with van der Waals surface area (Å²) in [4.78, 5) is 5.67. The molecule has 3 rings (SSSR count). The SMILES string of the molecule is CCc1cc(-c2nc(Cc3ccccc3Br)no2)c(N)s1. The molecule has 0 saturated carbocycles. The Morgan fingerprint density at radius 2 is 2.14 bits per heavy atom. The van der Waals surface area contributed by atoms with E-state index in [4.69, 9.17) is 10.3 Å². The molecular formula is C15H14BrN3OS. The lowest BCUT2D eigenvalue weighted by molar-refractivity contribution is 0.424. The maximum absolute atomic E-state index is 6.02. The standard InChI is InChI=1S/C15H14BrN3OS/c1-2-10-8-11(14(17)21-10)15-18-13(19-20-15)7-9-5-3-4-6-12(9)16/h3-6,8H,2,7,17H2,1H3. The molecule has 2 N–H and O–H groups in total. The highest BCUT2D eigenvalue weighted by Crippen LogP contribution is 2.33. The van der Waals surface area contributed by atoms with Crippen LogP contribution >= 0.6 is 27.3 Å². The van der Waals surface area contributed by atoms with Crippen molar-refractivity contribution >= 4 is 32.3 Å². The fourth-order valence-electron chi connectivity index (χ4n) is 2.05. The second-order valence-electron chi connectivity index (χ2n) is 4.63. The Kier molecular flexibility index (Phi) is 4.07. The van der Waals surface area contributed by atoms with Gasteiger partial charge < -0.3 is 10.3 Å². The van der Waals surface area contributed by atoms with E-state index in [1.807, 2.05) is 30.3 Å². The van der Waals surface area contributed by atoms with Gasteiger partial charge in [-0.3, -0.25) is 0 Å². The van der Waals surface area contributed by atoms with E-state index in [0.717, 1.165) is 27.0 Å². The largest absolute Gasteiger partial charge is 0.390 e. The van der Waals surface area contributed by atoms with Gasteiger partial charge in [0.05, 0.1) is 10.6 Å². The second kappa shape index (κ2) is 5.99. The molecule has 0 bridgehead atoms. The van der Waals surface area contributed by atoms with E-state index in [0.29, 0.717) is 18.1 Å². The number of rotatable bonds is 4. The highest BCUT2D eigenvalue weighted by atomic mass is 79.9. The van der Waals surface area contributed by atoms with Crippen molar-refractivity contribution in [3.8, 4) is 11.5 Å². The van der Waals surface area contributed by atoms with Gasteiger partial charge in [-0.2, -0.15) is 4.98 Å². The number of aryl methyl sites for hydroxylation is 1. The molecule has 0 saturated heterocycles. The Labute approximate surface area is 135 Å². The number of aromatic nitrogens is 2. The first-order valence-electron chi connectivity index (χ1n) is 6.62. The normalized spacial score (nSPS) is 11.0. The zero-order valence-corrected chi connectivity index (χ0v) is 13.9. The summed E-state index contributed by atoms with van der Waals surface area (Å²) in [6.07, 6.45) is 1.57. The van der Waals surface area contributed by atoms with Crippen LogP contribution in [-0.4, -0.2) is 10.1 Å². The zero-order chi connectivity index (χ0) is 14.8. The van der Waals surface area contributed by atoms with Crippen molar-refractivity contribution in [2.75, 3.05) is 5.73 Å². The van der Waals surface area contributed by atoms with Crippen LogP contribution in [0.2, 0.25) is 0 Å². The highest BCUT2D eigenvalue weighted by molar-refractivity contribution is 9.10. The van der Waals surface area contributed by atoms with Crippen molar-refractivity contribution in [2.24, 2.45) is 0 Å². The van der Waals surface area contributed by atoms with Gasteiger partial charge in [0.25, 0.3) is 5.89 Å². The number of hydrogen-bond acceptors (Lipinski definition) is 5. The first-order valence-corrected chi connectivity index (χ1v) is 8.23. The van der Waals surface area contributed by atoms with Crippen LogP contribution < -0.4 is 5.73 Å². The van der Waals surface area contributed by atoms with Crippen molar-refractivity contribution in [2.45, 2.75) is 19.8 Å². The molecule has 0 spiro atoms. The summed E-state index contributed by atoms with van der Waals surface area (Å²) in [5.74, 6) is 1.14. The van der Waals surface area contributed by atoms with Crippen LogP contribution in [0.5, 0.6) is 0 Å². The smallest absolute Gasteiger partial charge is 0.260 e. The van der Waals surface area contributed by atoms with Gasteiger partial charge in [0.1, 0.15) is 0 Å². The van der Waals surface area contributed by atoms with E-state index in [-0.39, 0.29) is 0 Å². The van der Waals surface area contributed by atoms with E-state index < -0.39 is 0 Å². The summed E-state index contributed by atoms with van der Waals surface area (Å²) in [6.45, 7) is 2.10. The predicted octanol–water partition coefficient (Wildman–Crippen LogP) is 4.30. The van der Waals surface area contributed by atoms with Crippen LogP contribution in [0, 0.1) is 0 Å². The first kappa shape index (κ1) is 14.3.